The molecule has 130 valence electrons. The first-order chi connectivity index (χ1) is 12.5. The Labute approximate surface area is 167 Å². The molecule has 0 saturated heterocycles. The molecule has 0 heterocycles. The van der Waals surface area contributed by atoms with Gasteiger partial charge in [-0.2, -0.15) is 5.26 Å². The van der Waals surface area contributed by atoms with Gasteiger partial charge in [-0.1, -0.05) is 24.1 Å². The van der Waals surface area contributed by atoms with E-state index in [1.54, 1.807) is 18.2 Å². The highest BCUT2D eigenvalue weighted by Crippen LogP contribution is 2.24. The molecule has 0 aromatic heterocycles. The largest absolute Gasteiger partial charge is 0.480 e. The quantitative estimate of drug-likeness (QED) is 0.313. The molecule has 0 unspecified atom stereocenters. The normalized spacial score (nSPS) is 10.6. The van der Waals surface area contributed by atoms with E-state index in [-0.39, 0.29) is 12.2 Å². The van der Waals surface area contributed by atoms with Crippen molar-refractivity contribution in [2.24, 2.45) is 0 Å². The van der Waals surface area contributed by atoms with Crippen molar-refractivity contribution in [3.05, 3.63) is 62.2 Å². The number of hydrogen-bond acceptors (Lipinski definition) is 3. The lowest BCUT2D eigenvalue weighted by Crippen LogP contribution is -2.14. The molecule has 1 N–H and O–H groups in total. The molecule has 2 aromatic carbocycles. The predicted octanol–water partition coefficient (Wildman–Crippen LogP) is 4.47. The standard InChI is InChI=1S/C21H17IN2O2/c1-4-10-26-20-9-8-16(12-18(20)22)11-17(13-23)21(25)24-19-7-5-6-14(2)15(19)3/h1,5-9,11-12H,10H2,2-3H3,(H,24,25)/b17-11+. The fourth-order valence-electron chi connectivity index (χ4n) is 2.23. The molecule has 0 spiro atoms. The summed E-state index contributed by atoms with van der Waals surface area (Å²) in [6.45, 7) is 4.09. The first-order valence-corrected chi connectivity index (χ1v) is 8.89. The van der Waals surface area contributed by atoms with Crippen LogP contribution in [0.3, 0.4) is 0 Å². The lowest BCUT2D eigenvalue weighted by Gasteiger charge is -2.10. The summed E-state index contributed by atoms with van der Waals surface area (Å²) in [5.74, 6) is 2.64. The summed E-state index contributed by atoms with van der Waals surface area (Å²) >= 11 is 2.12. The summed E-state index contributed by atoms with van der Waals surface area (Å²) in [6, 6.07) is 13.0. The minimum atomic E-state index is -0.441. The molecule has 5 heteroatoms. The fourth-order valence-corrected chi connectivity index (χ4v) is 2.93. The number of carbonyl (C=O) groups is 1. The van der Waals surface area contributed by atoms with E-state index < -0.39 is 5.91 Å². The maximum Gasteiger partial charge on any atom is 0.266 e. The number of amides is 1. The minimum Gasteiger partial charge on any atom is -0.480 e. The highest BCUT2D eigenvalue weighted by molar-refractivity contribution is 14.1. The second-order valence-electron chi connectivity index (χ2n) is 5.55. The number of halogens is 1. The van der Waals surface area contributed by atoms with Crippen molar-refractivity contribution in [1.29, 1.82) is 5.26 Å². The number of rotatable bonds is 5. The van der Waals surface area contributed by atoms with Crippen LogP contribution < -0.4 is 10.1 Å². The summed E-state index contributed by atoms with van der Waals surface area (Å²) in [5.41, 5.74) is 3.50. The van der Waals surface area contributed by atoms with Crippen LogP contribution >= 0.6 is 22.6 Å². The van der Waals surface area contributed by atoms with Crippen molar-refractivity contribution in [1.82, 2.24) is 0 Å². The third-order valence-electron chi connectivity index (χ3n) is 3.80. The lowest BCUT2D eigenvalue weighted by molar-refractivity contribution is -0.112. The molecule has 2 aromatic rings. The van der Waals surface area contributed by atoms with Gasteiger partial charge in [-0.15, -0.1) is 6.42 Å². The van der Waals surface area contributed by atoms with Gasteiger partial charge in [0.15, 0.2) is 0 Å². The van der Waals surface area contributed by atoms with E-state index in [9.17, 15) is 10.1 Å². The third kappa shape index (κ3) is 4.87. The van der Waals surface area contributed by atoms with Crippen LogP contribution in [0.2, 0.25) is 0 Å². The maximum absolute atomic E-state index is 12.5. The summed E-state index contributed by atoms with van der Waals surface area (Å²) in [4.78, 5) is 12.5. The topological polar surface area (TPSA) is 62.1 Å². The van der Waals surface area contributed by atoms with Gasteiger partial charge in [0, 0.05) is 5.69 Å². The third-order valence-corrected chi connectivity index (χ3v) is 4.64. The Kier molecular flexibility index (Phi) is 6.82. The van der Waals surface area contributed by atoms with Gasteiger partial charge in [-0.3, -0.25) is 4.79 Å². The number of hydrogen-bond donors (Lipinski definition) is 1. The van der Waals surface area contributed by atoms with Gasteiger partial charge in [0.2, 0.25) is 0 Å². The predicted molar refractivity (Wildman–Crippen MR) is 112 cm³/mol. The number of anilines is 1. The molecular formula is C21H17IN2O2. The van der Waals surface area contributed by atoms with Crippen molar-refractivity contribution in [2.45, 2.75) is 13.8 Å². The Bertz CT molecular complexity index is 949. The van der Waals surface area contributed by atoms with Gasteiger partial charge < -0.3 is 10.1 Å². The van der Waals surface area contributed by atoms with Crippen molar-refractivity contribution in [3.8, 4) is 24.2 Å². The Morgan fingerprint density at radius 2 is 2.12 bits per heavy atom. The molecule has 2 rings (SSSR count). The van der Waals surface area contributed by atoms with Crippen LogP contribution in [0.4, 0.5) is 5.69 Å². The number of nitrogens with one attached hydrogen (secondary N) is 1. The molecule has 26 heavy (non-hydrogen) atoms. The zero-order valence-electron chi connectivity index (χ0n) is 14.5. The van der Waals surface area contributed by atoms with Crippen molar-refractivity contribution >= 4 is 40.3 Å². The number of nitrogens with zero attached hydrogens (tertiary/aromatic N) is 1. The molecule has 0 saturated carbocycles. The average Bonchev–Trinajstić information content (AvgIpc) is 2.62. The zero-order valence-corrected chi connectivity index (χ0v) is 16.6. The fraction of sp³-hybridized carbons (Fsp3) is 0.143. The van der Waals surface area contributed by atoms with Gasteiger partial charge in [0.05, 0.1) is 3.57 Å². The minimum absolute atomic E-state index is 0.0269. The van der Waals surface area contributed by atoms with E-state index >= 15 is 0 Å². The Hall–Kier alpha value is -2.77. The van der Waals surface area contributed by atoms with Crippen LogP contribution in [-0.2, 0) is 4.79 Å². The number of ether oxygens (including phenoxy) is 1. The van der Waals surface area contributed by atoms with E-state index in [4.69, 9.17) is 11.2 Å². The van der Waals surface area contributed by atoms with Gasteiger partial charge in [0.25, 0.3) is 5.91 Å². The summed E-state index contributed by atoms with van der Waals surface area (Å²) in [6.07, 6.45) is 6.74. The highest BCUT2D eigenvalue weighted by Gasteiger charge is 2.12. The Morgan fingerprint density at radius 3 is 2.77 bits per heavy atom. The van der Waals surface area contributed by atoms with Crippen LogP contribution in [0.5, 0.6) is 5.75 Å². The average molecular weight is 456 g/mol. The SMILES string of the molecule is C#CCOc1ccc(/C=C(\C#N)C(=O)Nc2cccc(C)c2C)cc1I. The first-order valence-electron chi connectivity index (χ1n) is 7.81. The maximum atomic E-state index is 12.5. The molecule has 0 bridgehead atoms. The number of nitriles is 1. The Balaban J connectivity index is 2.23. The summed E-state index contributed by atoms with van der Waals surface area (Å²) < 4.78 is 6.26. The summed E-state index contributed by atoms with van der Waals surface area (Å²) in [7, 11) is 0. The van der Waals surface area contributed by atoms with Crippen LogP contribution in [0.15, 0.2) is 42.0 Å². The van der Waals surface area contributed by atoms with Gasteiger partial charge in [0.1, 0.15) is 24.0 Å². The van der Waals surface area contributed by atoms with Crippen LogP contribution in [0.25, 0.3) is 6.08 Å². The van der Waals surface area contributed by atoms with E-state index in [1.165, 1.54) is 0 Å². The smallest absolute Gasteiger partial charge is 0.266 e. The first kappa shape index (κ1) is 19.6. The molecule has 4 nitrogen and oxygen atoms in total. The van der Waals surface area contributed by atoms with E-state index in [1.807, 2.05) is 44.2 Å². The van der Waals surface area contributed by atoms with Gasteiger partial charge in [-0.05, 0) is 77.4 Å². The molecule has 0 radical (unpaired) electrons. The number of carbonyl (C=O) groups excluding carboxylic acids is 1. The van der Waals surface area contributed by atoms with Crippen LogP contribution in [0, 0.1) is 41.1 Å². The molecule has 0 aliphatic carbocycles. The highest BCUT2D eigenvalue weighted by atomic mass is 127. The van der Waals surface area contributed by atoms with Crippen LogP contribution in [0.1, 0.15) is 16.7 Å². The number of aryl methyl sites for hydroxylation is 1. The number of benzene rings is 2. The van der Waals surface area contributed by atoms with Crippen molar-refractivity contribution < 1.29 is 9.53 Å². The van der Waals surface area contributed by atoms with Gasteiger partial charge in [-0.25, -0.2) is 0 Å². The molecule has 0 fully saturated rings. The second kappa shape index (κ2) is 9.07. The number of terminal acetylenes is 1. The summed E-state index contributed by atoms with van der Waals surface area (Å²) in [5, 5.41) is 12.2. The molecule has 0 aliphatic heterocycles. The van der Waals surface area contributed by atoms with E-state index in [0.717, 1.165) is 20.3 Å². The molecule has 0 atom stereocenters. The Morgan fingerprint density at radius 1 is 1.35 bits per heavy atom. The molecular weight excluding hydrogens is 439 g/mol. The molecule has 1 amide bonds. The monoisotopic (exact) mass is 456 g/mol. The lowest BCUT2D eigenvalue weighted by atomic mass is 10.1. The van der Waals surface area contributed by atoms with E-state index in [0.29, 0.717) is 11.4 Å². The van der Waals surface area contributed by atoms with Crippen molar-refractivity contribution in [3.63, 3.8) is 0 Å². The van der Waals surface area contributed by atoms with E-state index in [2.05, 4.69) is 33.8 Å². The zero-order chi connectivity index (χ0) is 19.1. The van der Waals surface area contributed by atoms with Crippen LogP contribution in [-0.4, -0.2) is 12.5 Å². The van der Waals surface area contributed by atoms with Crippen molar-refractivity contribution in [2.75, 3.05) is 11.9 Å². The molecule has 0 aliphatic rings. The second-order valence-corrected chi connectivity index (χ2v) is 6.72. The van der Waals surface area contributed by atoms with Gasteiger partial charge >= 0.3 is 0 Å².